The zero-order chi connectivity index (χ0) is 12.4. The van der Waals surface area contributed by atoms with Crippen LogP contribution in [0.3, 0.4) is 0 Å². The number of halogens is 3. The zero-order valence-electron chi connectivity index (χ0n) is 9.04. The number of nitrogens with zero attached hydrogens (tertiary/aromatic N) is 2. The summed E-state index contributed by atoms with van der Waals surface area (Å²) < 4.78 is 5.36. The lowest BCUT2D eigenvalue weighted by Gasteiger charge is -2.08. The van der Waals surface area contributed by atoms with Crippen LogP contribution in [-0.4, -0.2) is 16.6 Å². The molecule has 90 valence electrons. The molecular formula is C11H10BrI2N3. The Kier molecular flexibility index (Phi) is 4.84. The monoisotopic (exact) mass is 517 g/mol. The van der Waals surface area contributed by atoms with E-state index in [2.05, 4.69) is 94.2 Å². The number of hydrogen-bond acceptors (Lipinski definition) is 2. The molecule has 0 atom stereocenters. The van der Waals surface area contributed by atoms with Gasteiger partial charge in [0.2, 0.25) is 0 Å². The number of nitrogens with one attached hydrogen (secondary N) is 1. The molecule has 0 saturated heterocycles. The molecule has 1 heterocycles. The highest BCUT2D eigenvalue weighted by Crippen LogP contribution is 2.24. The van der Waals surface area contributed by atoms with Gasteiger partial charge in [-0.05, 0) is 69.9 Å². The third-order valence-electron chi connectivity index (χ3n) is 2.35. The molecule has 0 aliphatic carbocycles. The summed E-state index contributed by atoms with van der Waals surface area (Å²) in [6.45, 7) is 0.861. The maximum Gasteiger partial charge on any atom is 0.133 e. The first-order valence-electron chi connectivity index (χ1n) is 4.95. The predicted molar refractivity (Wildman–Crippen MR) is 89.5 cm³/mol. The van der Waals surface area contributed by atoms with E-state index in [1.807, 2.05) is 13.4 Å². The third-order valence-corrected chi connectivity index (χ3v) is 5.94. The molecular weight excluding hydrogens is 508 g/mol. The van der Waals surface area contributed by atoms with Crippen molar-refractivity contribution in [1.82, 2.24) is 14.9 Å². The van der Waals surface area contributed by atoms with Gasteiger partial charge in [0, 0.05) is 16.7 Å². The first-order valence-corrected chi connectivity index (χ1v) is 7.90. The fraction of sp³-hybridized carbons (Fsp3) is 0.182. The van der Waals surface area contributed by atoms with Crippen LogP contribution >= 0.6 is 61.1 Å². The molecule has 1 N–H and O–H groups in total. The second-order valence-electron chi connectivity index (χ2n) is 3.50. The van der Waals surface area contributed by atoms with E-state index < -0.39 is 0 Å². The molecule has 0 fully saturated rings. The first-order chi connectivity index (χ1) is 8.13. The standard InChI is InChI=1S/C11H10BrI2N3/c1-15-5-7-2-3-8(4-9(7)12)17-6-16-10(13)11(17)14/h2-4,6,15H,5H2,1H3. The smallest absolute Gasteiger partial charge is 0.133 e. The summed E-state index contributed by atoms with van der Waals surface area (Å²) in [5.74, 6) is 0. The second-order valence-corrected chi connectivity index (χ2v) is 6.40. The fourth-order valence-corrected chi connectivity index (χ4v) is 2.95. The lowest BCUT2D eigenvalue weighted by Crippen LogP contribution is -2.06. The Bertz CT molecular complexity index is 540. The van der Waals surface area contributed by atoms with Crippen LogP contribution in [0, 0.1) is 7.40 Å². The minimum atomic E-state index is 0.861. The van der Waals surface area contributed by atoms with Crippen LogP contribution in [0.15, 0.2) is 29.0 Å². The maximum atomic E-state index is 4.30. The van der Waals surface area contributed by atoms with Gasteiger partial charge >= 0.3 is 0 Å². The zero-order valence-corrected chi connectivity index (χ0v) is 14.9. The molecule has 1 aromatic carbocycles. The van der Waals surface area contributed by atoms with Gasteiger partial charge in [-0.15, -0.1) is 0 Å². The van der Waals surface area contributed by atoms with E-state index in [0.29, 0.717) is 0 Å². The highest BCUT2D eigenvalue weighted by molar-refractivity contribution is 14.1. The van der Waals surface area contributed by atoms with E-state index in [0.717, 1.165) is 24.1 Å². The molecule has 3 nitrogen and oxygen atoms in total. The minimum absolute atomic E-state index is 0.861. The van der Waals surface area contributed by atoms with E-state index >= 15 is 0 Å². The van der Waals surface area contributed by atoms with Crippen molar-refractivity contribution in [2.24, 2.45) is 0 Å². The Labute approximate surface area is 136 Å². The molecule has 0 saturated carbocycles. The van der Waals surface area contributed by atoms with Gasteiger partial charge in [0.05, 0.1) is 0 Å². The van der Waals surface area contributed by atoms with Crippen LogP contribution < -0.4 is 5.32 Å². The molecule has 0 unspecified atom stereocenters. The van der Waals surface area contributed by atoms with Gasteiger partial charge in [0.1, 0.15) is 13.7 Å². The van der Waals surface area contributed by atoms with Crippen molar-refractivity contribution in [3.05, 3.63) is 42.0 Å². The van der Waals surface area contributed by atoms with Crippen molar-refractivity contribution >= 4 is 61.1 Å². The molecule has 2 aromatic rings. The number of benzene rings is 1. The average molecular weight is 518 g/mol. The number of imidazole rings is 1. The quantitative estimate of drug-likeness (QED) is 0.631. The fourth-order valence-electron chi connectivity index (χ4n) is 1.51. The molecule has 0 amide bonds. The van der Waals surface area contributed by atoms with Crippen LogP contribution in [0.5, 0.6) is 0 Å². The van der Waals surface area contributed by atoms with Gasteiger partial charge in [-0.3, -0.25) is 4.57 Å². The van der Waals surface area contributed by atoms with Crippen LogP contribution in [-0.2, 0) is 6.54 Å². The maximum absolute atomic E-state index is 4.30. The molecule has 0 bridgehead atoms. The number of rotatable bonds is 3. The third kappa shape index (κ3) is 3.02. The van der Waals surface area contributed by atoms with Crippen molar-refractivity contribution < 1.29 is 0 Å². The molecule has 6 heteroatoms. The molecule has 0 spiro atoms. The molecule has 0 radical (unpaired) electrons. The minimum Gasteiger partial charge on any atom is -0.316 e. The summed E-state index contributed by atoms with van der Waals surface area (Å²) >= 11 is 8.14. The van der Waals surface area contributed by atoms with Crippen molar-refractivity contribution in [3.8, 4) is 5.69 Å². The second kappa shape index (κ2) is 5.98. The highest BCUT2D eigenvalue weighted by atomic mass is 127. The number of hydrogen-bond donors (Lipinski definition) is 1. The van der Waals surface area contributed by atoms with Gasteiger partial charge in [-0.25, -0.2) is 4.98 Å². The Hall–Kier alpha value is 0.330. The van der Waals surface area contributed by atoms with Crippen LogP contribution in [0.2, 0.25) is 0 Å². The summed E-state index contributed by atoms with van der Waals surface area (Å²) in [4.78, 5) is 4.30. The molecule has 0 aliphatic rings. The Morgan fingerprint density at radius 3 is 2.71 bits per heavy atom. The Balaban J connectivity index is 2.41. The summed E-state index contributed by atoms with van der Waals surface area (Å²) in [7, 11) is 1.95. The topological polar surface area (TPSA) is 29.9 Å². The van der Waals surface area contributed by atoms with Gasteiger partial charge in [0.15, 0.2) is 0 Å². The van der Waals surface area contributed by atoms with Crippen molar-refractivity contribution in [1.29, 1.82) is 0 Å². The summed E-state index contributed by atoms with van der Waals surface area (Å²) in [6, 6.07) is 6.35. The van der Waals surface area contributed by atoms with Crippen molar-refractivity contribution in [2.45, 2.75) is 6.54 Å². The van der Waals surface area contributed by atoms with E-state index in [1.54, 1.807) is 0 Å². The summed E-state index contributed by atoms with van der Waals surface area (Å²) in [6.07, 6.45) is 1.85. The van der Waals surface area contributed by atoms with Crippen LogP contribution in [0.25, 0.3) is 5.69 Å². The molecule has 1 aromatic heterocycles. The summed E-state index contributed by atoms with van der Waals surface area (Å²) in [5, 5.41) is 3.15. The number of aromatic nitrogens is 2. The van der Waals surface area contributed by atoms with Gasteiger partial charge < -0.3 is 5.32 Å². The normalized spacial score (nSPS) is 10.8. The average Bonchev–Trinajstić information content (AvgIpc) is 2.63. The summed E-state index contributed by atoms with van der Waals surface area (Å²) in [5.41, 5.74) is 2.37. The van der Waals surface area contributed by atoms with E-state index in [1.165, 1.54) is 5.56 Å². The lowest BCUT2D eigenvalue weighted by atomic mass is 10.2. The predicted octanol–water partition coefficient (Wildman–Crippen LogP) is 3.56. The van der Waals surface area contributed by atoms with Crippen LogP contribution in [0.4, 0.5) is 0 Å². The molecule has 17 heavy (non-hydrogen) atoms. The lowest BCUT2D eigenvalue weighted by molar-refractivity contribution is 0.813. The van der Waals surface area contributed by atoms with Crippen molar-refractivity contribution in [2.75, 3.05) is 7.05 Å². The van der Waals surface area contributed by atoms with E-state index in [-0.39, 0.29) is 0 Å². The van der Waals surface area contributed by atoms with Crippen molar-refractivity contribution in [3.63, 3.8) is 0 Å². The first kappa shape index (κ1) is 13.8. The Morgan fingerprint density at radius 2 is 2.18 bits per heavy atom. The molecule has 2 rings (SSSR count). The SMILES string of the molecule is CNCc1ccc(-n2cnc(I)c2I)cc1Br. The largest absolute Gasteiger partial charge is 0.316 e. The van der Waals surface area contributed by atoms with Gasteiger partial charge in [-0.2, -0.15) is 0 Å². The molecule has 0 aliphatic heterocycles. The van der Waals surface area contributed by atoms with Gasteiger partial charge in [0.25, 0.3) is 0 Å². The van der Waals surface area contributed by atoms with E-state index in [9.17, 15) is 0 Å². The van der Waals surface area contributed by atoms with Gasteiger partial charge in [-0.1, -0.05) is 22.0 Å². The Morgan fingerprint density at radius 1 is 1.41 bits per heavy atom. The highest BCUT2D eigenvalue weighted by Gasteiger charge is 2.08. The van der Waals surface area contributed by atoms with Crippen LogP contribution in [0.1, 0.15) is 5.56 Å². The van der Waals surface area contributed by atoms with E-state index in [4.69, 9.17) is 0 Å².